The van der Waals surface area contributed by atoms with E-state index in [0.29, 0.717) is 42.5 Å². The summed E-state index contributed by atoms with van der Waals surface area (Å²) in [5.41, 5.74) is 4.88. The fourth-order valence-electron chi connectivity index (χ4n) is 4.49. The van der Waals surface area contributed by atoms with Crippen LogP contribution in [0.1, 0.15) is 22.7 Å². The Morgan fingerprint density at radius 1 is 1.17 bits per heavy atom. The number of aromatic nitrogens is 5. The van der Waals surface area contributed by atoms with Crippen LogP contribution in [0.15, 0.2) is 30.9 Å². The van der Waals surface area contributed by atoms with Crippen molar-refractivity contribution in [3.63, 3.8) is 0 Å². The van der Waals surface area contributed by atoms with Crippen LogP contribution >= 0.6 is 0 Å². The molecule has 9 heteroatoms. The molecule has 0 saturated carbocycles. The van der Waals surface area contributed by atoms with E-state index >= 15 is 0 Å². The van der Waals surface area contributed by atoms with Crippen LogP contribution in [0.5, 0.6) is 11.5 Å². The Kier molecular flexibility index (Phi) is 3.56. The highest BCUT2D eigenvalue weighted by molar-refractivity contribution is 5.81. The van der Waals surface area contributed by atoms with Crippen molar-refractivity contribution in [1.82, 2.24) is 24.1 Å². The largest absolute Gasteiger partial charge is 0.493 e. The van der Waals surface area contributed by atoms with Crippen LogP contribution in [0.3, 0.4) is 0 Å². The van der Waals surface area contributed by atoms with Crippen LogP contribution in [0.4, 0.5) is 10.2 Å². The fraction of sp³-hybridized carbons (Fsp3) is 0.286. The zero-order valence-corrected chi connectivity index (χ0v) is 16.5. The summed E-state index contributed by atoms with van der Waals surface area (Å²) in [6.07, 6.45) is 3.41. The number of rotatable bonds is 1. The quantitative estimate of drug-likeness (QED) is 0.524. The van der Waals surface area contributed by atoms with E-state index in [-0.39, 0.29) is 11.7 Å². The summed E-state index contributed by atoms with van der Waals surface area (Å²) < 4.78 is 30.5. The van der Waals surface area contributed by atoms with Gasteiger partial charge in [-0.15, -0.1) is 10.2 Å². The number of halogens is 1. The molecule has 2 aliphatic heterocycles. The highest BCUT2D eigenvalue weighted by Gasteiger charge is 2.32. The number of hydrogen-bond donors (Lipinski definition) is 1. The first kappa shape index (κ1) is 17.3. The summed E-state index contributed by atoms with van der Waals surface area (Å²) in [4.78, 5) is 4.40. The van der Waals surface area contributed by atoms with Gasteiger partial charge in [0.2, 0.25) is 0 Å². The lowest BCUT2D eigenvalue weighted by Crippen LogP contribution is -2.13. The molecular formula is C21H19FN6O2. The molecule has 0 fully saturated rings. The van der Waals surface area contributed by atoms with Gasteiger partial charge >= 0.3 is 0 Å². The Morgan fingerprint density at radius 3 is 2.80 bits per heavy atom. The number of fused-ring (bicyclic) bond motifs is 3. The minimum atomic E-state index is -0.248. The predicted molar refractivity (Wildman–Crippen MR) is 107 cm³/mol. The molecule has 0 spiro atoms. The number of hydrogen-bond acceptors (Lipinski definition) is 6. The Morgan fingerprint density at radius 2 is 2.00 bits per heavy atom. The van der Waals surface area contributed by atoms with Gasteiger partial charge in [0.15, 0.2) is 17.2 Å². The summed E-state index contributed by atoms with van der Waals surface area (Å²) in [5.74, 6) is 1.80. The normalized spacial score (nSPS) is 17.2. The number of nitrogens with one attached hydrogen (secondary N) is 1. The first-order valence-corrected chi connectivity index (χ1v) is 9.77. The maximum Gasteiger partial charge on any atom is 0.171 e. The van der Waals surface area contributed by atoms with Crippen molar-refractivity contribution < 1.29 is 13.9 Å². The Bertz CT molecular complexity index is 1290. The second-order valence-electron chi connectivity index (χ2n) is 7.70. The Hall–Kier alpha value is -3.62. The molecule has 6 rings (SSSR count). The molecule has 1 aromatic carbocycles. The maximum atomic E-state index is 14.7. The number of anilines is 1. The van der Waals surface area contributed by atoms with Crippen LogP contribution in [-0.4, -0.2) is 37.4 Å². The molecule has 4 aromatic rings. The molecule has 1 N–H and O–H groups in total. The fourth-order valence-corrected chi connectivity index (χ4v) is 4.49. The van der Waals surface area contributed by atoms with Gasteiger partial charge in [0.25, 0.3) is 0 Å². The second-order valence-corrected chi connectivity index (χ2v) is 7.70. The van der Waals surface area contributed by atoms with Crippen molar-refractivity contribution in [2.24, 2.45) is 7.05 Å². The molecule has 0 amide bonds. The summed E-state index contributed by atoms with van der Waals surface area (Å²) in [6.45, 7) is 3.13. The van der Waals surface area contributed by atoms with Crippen LogP contribution in [0.25, 0.3) is 16.9 Å². The molecule has 152 valence electrons. The molecule has 0 aliphatic carbocycles. The van der Waals surface area contributed by atoms with Gasteiger partial charge < -0.3 is 19.4 Å². The summed E-state index contributed by atoms with van der Waals surface area (Å²) in [5, 5.41) is 11.8. The molecule has 0 radical (unpaired) electrons. The third-order valence-electron chi connectivity index (χ3n) is 5.89. The number of ether oxygens (including phenoxy) is 2. The number of imidazole rings is 1. The van der Waals surface area contributed by atoms with Gasteiger partial charge in [-0.2, -0.15) is 0 Å². The summed E-state index contributed by atoms with van der Waals surface area (Å²) in [7, 11) is 1.94. The van der Waals surface area contributed by atoms with E-state index in [0.717, 1.165) is 28.3 Å². The lowest BCUT2D eigenvalue weighted by Gasteiger charge is -2.17. The van der Waals surface area contributed by atoms with Gasteiger partial charge in [-0.1, -0.05) is 0 Å². The van der Waals surface area contributed by atoms with Gasteiger partial charge in [0, 0.05) is 30.3 Å². The van der Waals surface area contributed by atoms with Crippen LogP contribution in [0, 0.1) is 12.7 Å². The van der Waals surface area contributed by atoms with E-state index in [2.05, 4.69) is 20.5 Å². The highest BCUT2D eigenvalue weighted by atomic mass is 19.1. The summed E-state index contributed by atoms with van der Waals surface area (Å²) >= 11 is 0. The Balaban J connectivity index is 1.54. The first-order chi connectivity index (χ1) is 14.6. The van der Waals surface area contributed by atoms with E-state index in [1.807, 2.05) is 29.0 Å². The van der Waals surface area contributed by atoms with E-state index in [1.54, 1.807) is 18.7 Å². The van der Waals surface area contributed by atoms with Crippen molar-refractivity contribution in [2.75, 3.05) is 18.5 Å². The molecule has 8 nitrogen and oxygen atoms in total. The SMILES string of the molecule is Cc1ncn(C)c1-c1cc2c(n3cnnc13)NCc1c(F)ccc3c1[C@@H](CO3)CO2. The van der Waals surface area contributed by atoms with Crippen LogP contribution in [0.2, 0.25) is 0 Å². The molecule has 0 bridgehead atoms. The minimum Gasteiger partial charge on any atom is -0.493 e. The van der Waals surface area contributed by atoms with E-state index in [9.17, 15) is 4.39 Å². The first-order valence-electron chi connectivity index (χ1n) is 9.77. The maximum absolute atomic E-state index is 14.7. The van der Waals surface area contributed by atoms with Gasteiger partial charge in [0.1, 0.15) is 17.9 Å². The number of aryl methyl sites for hydroxylation is 2. The van der Waals surface area contributed by atoms with Crippen molar-refractivity contribution in [2.45, 2.75) is 19.4 Å². The van der Waals surface area contributed by atoms with E-state index in [1.165, 1.54) is 6.07 Å². The third kappa shape index (κ3) is 2.35. The Labute approximate surface area is 171 Å². The number of pyridine rings is 1. The van der Waals surface area contributed by atoms with Crippen molar-refractivity contribution >= 4 is 11.5 Å². The average Bonchev–Trinajstić information content (AvgIpc) is 3.45. The summed E-state index contributed by atoms with van der Waals surface area (Å²) in [6, 6.07) is 5.11. The van der Waals surface area contributed by atoms with Crippen LogP contribution in [-0.2, 0) is 13.6 Å². The predicted octanol–water partition coefficient (Wildman–Crippen LogP) is 3.06. The third-order valence-corrected chi connectivity index (χ3v) is 5.89. The smallest absolute Gasteiger partial charge is 0.171 e. The van der Waals surface area contributed by atoms with Gasteiger partial charge in [-0.05, 0) is 25.1 Å². The van der Waals surface area contributed by atoms with Gasteiger partial charge in [0.05, 0.1) is 36.8 Å². The topological polar surface area (TPSA) is 78.5 Å². The molecule has 1 atom stereocenters. The zero-order valence-electron chi connectivity index (χ0n) is 16.5. The average molecular weight is 406 g/mol. The monoisotopic (exact) mass is 406 g/mol. The van der Waals surface area contributed by atoms with Crippen LogP contribution < -0.4 is 14.8 Å². The molecule has 30 heavy (non-hydrogen) atoms. The zero-order chi connectivity index (χ0) is 20.4. The second kappa shape index (κ2) is 6.19. The van der Waals surface area contributed by atoms with E-state index in [4.69, 9.17) is 9.47 Å². The number of nitrogens with zero attached hydrogens (tertiary/aromatic N) is 5. The van der Waals surface area contributed by atoms with Crippen molar-refractivity contribution in [3.05, 3.63) is 53.5 Å². The minimum absolute atomic E-state index is 0.0306. The number of benzene rings is 1. The lowest BCUT2D eigenvalue weighted by molar-refractivity contribution is 0.249. The molecule has 3 aromatic heterocycles. The van der Waals surface area contributed by atoms with Crippen molar-refractivity contribution in [1.29, 1.82) is 0 Å². The lowest BCUT2D eigenvalue weighted by atomic mass is 9.96. The van der Waals surface area contributed by atoms with Crippen molar-refractivity contribution in [3.8, 4) is 22.8 Å². The molecule has 0 saturated heterocycles. The standard InChI is InChI=1S/C21H19FN6O2/c1-11-19(27(2)9-24-11)13-5-17-21(28-10-25-26-20(13)28)23-6-14-15(22)3-4-16-18(14)12(7-29-16)8-30-17/h3-5,9-10,12,23H,6-8H2,1-2H3/t12-/m0/s1. The molecule has 2 aliphatic rings. The van der Waals surface area contributed by atoms with Gasteiger partial charge in [-0.25, -0.2) is 9.37 Å². The molecular weight excluding hydrogens is 387 g/mol. The highest BCUT2D eigenvalue weighted by Crippen LogP contribution is 2.42. The molecule has 0 unspecified atom stereocenters. The van der Waals surface area contributed by atoms with E-state index < -0.39 is 0 Å². The molecule has 5 heterocycles. The van der Waals surface area contributed by atoms with Gasteiger partial charge in [-0.3, -0.25) is 4.40 Å².